The van der Waals surface area contributed by atoms with Gasteiger partial charge in [0.15, 0.2) is 0 Å². The van der Waals surface area contributed by atoms with Gasteiger partial charge in [0, 0.05) is 30.9 Å². The Morgan fingerprint density at radius 2 is 1.72 bits per heavy atom. The minimum Gasteiger partial charge on any atom is -0.385 e. The van der Waals surface area contributed by atoms with E-state index in [9.17, 15) is 0 Å². The van der Waals surface area contributed by atoms with Crippen LogP contribution in [0.2, 0.25) is 0 Å². The number of rotatable bonds is 8. The molecule has 1 aromatic heterocycles. The van der Waals surface area contributed by atoms with Crippen molar-refractivity contribution < 1.29 is 9.13 Å². The first kappa shape index (κ1) is 21.7. The molecule has 32 heavy (non-hydrogen) atoms. The number of aromatic nitrogens is 1. The molecule has 0 bridgehead atoms. The lowest BCUT2D eigenvalue weighted by Crippen LogP contribution is -1.96. The van der Waals surface area contributed by atoms with Crippen molar-refractivity contribution in [3.05, 3.63) is 101 Å². The molecule has 0 spiro atoms. The van der Waals surface area contributed by atoms with E-state index in [1.165, 1.54) is 5.56 Å². The molecule has 0 N–H and O–H groups in total. The van der Waals surface area contributed by atoms with Gasteiger partial charge in [-0.05, 0) is 72.0 Å². The molecule has 0 radical (unpaired) electrons. The minimum absolute atomic E-state index is 0.163. The van der Waals surface area contributed by atoms with Crippen LogP contribution in [0.15, 0.2) is 72.9 Å². The molecular formula is C28H25FN2O. The van der Waals surface area contributed by atoms with Crippen LogP contribution in [0.3, 0.4) is 0 Å². The fourth-order valence-corrected chi connectivity index (χ4v) is 3.88. The average Bonchev–Trinajstić information content (AvgIpc) is 2.84. The molecular weight excluding hydrogens is 399 g/mol. The van der Waals surface area contributed by atoms with Gasteiger partial charge in [0.25, 0.3) is 0 Å². The topological polar surface area (TPSA) is 45.9 Å². The van der Waals surface area contributed by atoms with Crippen molar-refractivity contribution in [2.45, 2.75) is 25.7 Å². The lowest BCUT2D eigenvalue weighted by Gasteiger charge is -2.09. The molecule has 3 aromatic carbocycles. The standard InChI is InChI=1S/C28H25FN2O/c1-32-16-2-3-22-9-15-27(31-19-22)25-13-14-26-24(17-25)12-11-23(28(26)29)10-8-20-4-6-21(18-30)7-5-20/h4-7,9,11-15,17,19H,2-3,8,10,16H2,1H3. The van der Waals surface area contributed by atoms with Crippen LogP contribution in [0.4, 0.5) is 4.39 Å². The second-order valence-electron chi connectivity index (χ2n) is 7.93. The largest absolute Gasteiger partial charge is 0.385 e. The smallest absolute Gasteiger partial charge is 0.134 e. The Labute approximate surface area is 188 Å². The van der Waals surface area contributed by atoms with Gasteiger partial charge in [0.2, 0.25) is 0 Å². The first-order chi connectivity index (χ1) is 15.7. The van der Waals surface area contributed by atoms with E-state index in [0.29, 0.717) is 22.9 Å². The Morgan fingerprint density at radius 3 is 2.44 bits per heavy atom. The highest BCUT2D eigenvalue weighted by Crippen LogP contribution is 2.27. The van der Waals surface area contributed by atoms with Crippen molar-refractivity contribution in [1.29, 1.82) is 5.26 Å². The summed E-state index contributed by atoms with van der Waals surface area (Å²) in [5.41, 5.74) is 5.48. The summed E-state index contributed by atoms with van der Waals surface area (Å²) in [4.78, 5) is 4.60. The summed E-state index contributed by atoms with van der Waals surface area (Å²) >= 11 is 0. The monoisotopic (exact) mass is 424 g/mol. The third-order valence-electron chi connectivity index (χ3n) is 5.73. The molecule has 0 aliphatic heterocycles. The van der Waals surface area contributed by atoms with Crippen molar-refractivity contribution in [3.8, 4) is 17.3 Å². The number of nitrogens with zero attached hydrogens (tertiary/aromatic N) is 2. The van der Waals surface area contributed by atoms with E-state index < -0.39 is 0 Å². The number of nitriles is 1. The predicted octanol–water partition coefficient (Wildman–Crippen LogP) is 6.28. The molecule has 4 heteroatoms. The summed E-state index contributed by atoms with van der Waals surface area (Å²) in [6.07, 6.45) is 5.16. The highest BCUT2D eigenvalue weighted by atomic mass is 19.1. The molecule has 1 heterocycles. The van der Waals surface area contributed by atoms with Crippen molar-refractivity contribution in [1.82, 2.24) is 4.98 Å². The maximum Gasteiger partial charge on any atom is 0.134 e. The van der Waals surface area contributed by atoms with E-state index in [-0.39, 0.29) is 5.82 Å². The van der Waals surface area contributed by atoms with Crippen molar-refractivity contribution >= 4 is 10.8 Å². The fraction of sp³-hybridized carbons (Fsp3) is 0.214. The minimum atomic E-state index is -0.163. The summed E-state index contributed by atoms with van der Waals surface area (Å²) in [6, 6.07) is 23.3. The van der Waals surface area contributed by atoms with Crippen molar-refractivity contribution in [3.63, 3.8) is 0 Å². The predicted molar refractivity (Wildman–Crippen MR) is 126 cm³/mol. The Kier molecular flexibility index (Phi) is 6.89. The summed E-state index contributed by atoms with van der Waals surface area (Å²) in [5, 5.41) is 10.4. The van der Waals surface area contributed by atoms with Gasteiger partial charge < -0.3 is 4.74 Å². The van der Waals surface area contributed by atoms with E-state index >= 15 is 4.39 Å². The highest BCUT2D eigenvalue weighted by Gasteiger charge is 2.10. The average molecular weight is 425 g/mol. The lowest BCUT2D eigenvalue weighted by molar-refractivity contribution is 0.195. The van der Waals surface area contributed by atoms with E-state index in [2.05, 4.69) is 17.1 Å². The molecule has 0 unspecified atom stereocenters. The SMILES string of the molecule is COCCCc1ccc(-c2ccc3c(F)c(CCc4ccc(C#N)cc4)ccc3c2)nc1. The third-order valence-corrected chi connectivity index (χ3v) is 5.73. The van der Waals surface area contributed by atoms with Crippen molar-refractivity contribution in [2.24, 2.45) is 0 Å². The zero-order valence-electron chi connectivity index (χ0n) is 18.1. The zero-order chi connectivity index (χ0) is 22.3. The summed E-state index contributed by atoms with van der Waals surface area (Å²) in [5.74, 6) is -0.163. The Hall–Kier alpha value is -3.55. The summed E-state index contributed by atoms with van der Waals surface area (Å²) < 4.78 is 20.3. The van der Waals surface area contributed by atoms with Gasteiger partial charge in [-0.25, -0.2) is 4.39 Å². The second kappa shape index (κ2) is 10.2. The van der Waals surface area contributed by atoms with Crippen LogP contribution in [-0.2, 0) is 24.0 Å². The first-order valence-electron chi connectivity index (χ1n) is 10.8. The van der Waals surface area contributed by atoms with Crippen LogP contribution < -0.4 is 0 Å². The molecule has 4 rings (SSSR count). The van der Waals surface area contributed by atoms with E-state index in [1.807, 2.05) is 54.7 Å². The number of methoxy groups -OCH3 is 1. The number of hydrogen-bond acceptors (Lipinski definition) is 3. The van der Waals surface area contributed by atoms with Gasteiger partial charge in [0.05, 0.1) is 17.3 Å². The molecule has 0 amide bonds. The Morgan fingerprint density at radius 1 is 0.906 bits per heavy atom. The van der Waals surface area contributed by atoms with Crippen LogP contribution in [0.5, 0.6) is 0 Å². The number of fused-ring (bicyclic) bond motifs is 1. The van der Waals surface area contributed by atoms with Gasteiger partial charge in [-0.1, -0.05) is 42.5 Å². The maximum atomic E-state index is 15.2. The van der Waals surface area contributed by atoms with Gasteiger partial charge in [-0.15, -0.1) is 0 Å². The van der Waals surface area contributed by atoms with Gasteiger partial charge in [0.1, 0.15) is 5.82 Å². The second-order valence-corrected chi connectivity index (χ2v) is 7.93. The van der Waals surface area contributed by atoms with Crippen LogP contribution in [-0.4, -0.2) is 18.7 Å². The quantitative estimate of drug-likeness (QED) is 0.313. The number of ether oxygens (including phenoxy) is 1. The molecule has 4 aromatic rings. The molecule has 0 fully saturated rings. The Bertz CT molecular complexity index is 1240. The molecule has 0 saturated carbocycles. The lowest BCUT2D eigenvalue weighted by atomic mass is 9.98. The number of pyridine rings is 1. The summed E-state index contributed by atoms with van der Waals surface area (Å²) in [6.45, 7) is 0.744. The van der Waals surface area contributed by atoms with Crippen LogP contribution in [0.1, 0.15) is 28.7 Å². The highest BCUT2D eigenvalue weighted by molar-refractivity contribution is 5.88. The Balaban J connectivity index is 1.49. The number of benzene rings is 3. The first-order valence-corrected chi connectivity index (χ1v) is 10.8. The van der Waals surface area contributed by atoms with E-state index in [0.717, 1.165) is 48.1 Å². The molecule has 3 nitrogen and oxygen atoms in total. The van der Waals surface area contributed by atoms with E-state index in [4.69, 9.17) is 10.00 Å². The number of halogens is 1. The summed E-state index contributed by atoms with van der Waals surface area (Å²) in [7, 11) is 1.71. The third kappa shape index (κ3) is 5.01. The van der Waals surface area contributed by atoms with Crippen molar-refractivity contribution in [2.75, 3.05) is 13.7 Å². The fourth-order valence-electron chi connectivity index (χ4n) is 3.88. The molecule has 0 atom stereocenters. The van der Waals surface area contributed by atoms with Crippen LogP contribution in [0.25, 0.3) is 22.0 Å². The molecule has 160 valence electrons. The molecule has 0 aliphatic carbocycles. The normalized spacial score (nSPS) is 10.9. The molecule has 0 aliphatic rings. The van der Waals surface area contributed by atoms with Crippen LogP contribution in [0, 0.1) is 17.1 Å². The van der Waals surface area contributed by atoms with Crippen LogP contribution >= 0.6 is 0 Å². The maximum absolute atomic E-state index is 15.2. The van der Waals surface area contributed by atoms with Gasteiger partial charge in [-0.2, -0.15) is 5.26 Å². The van der Waals surface area contributed by atoms with Gasteiger partial charge >= 0.3 is 0 Å². The zero-order valence-corrected chi connectivity index (χ0v) is 18.1. The number of aryl methyl sites for hydroxylation is 3. The number of hydrogen-bond donors (Lipinski definition) is 0. The van der Waals surface area contributed by atoms with Gasteiger partial charge in [-0.3, -0.25) is 4.98 Å². The van der Waals surface area contributed by atoms with E-state index in [1.54, 1.807) is 19.2 Å². The molecule has 0 saturated heterocycles.